The van der Waals surface area contributed by atoms with Crippen molar-refractivity contribution in [3.05, 3.63) is 61.1 Å². The van der Waals surface area contributed by atoms with Gasteiger partial charge in [-0.2, -0.15) is 0 Å². The summed E-state index contributed by atoms with van der Waals surface area (Å²) in [5.74, 6) is 1.41. The van der Waals surface area contributed by atoms with Gasteiger partial charge in [-0.05, 0) is 17.7 Å². The predicted molar refractivity (Wildman–Crippen MR) is 111 cm³/mol. The minimum atomic E-state index is -0.129. The fraction of sp³-hybridized carbons (Fsp3) is 0.0952. The van der Waals surface area contributed by atoms with Gasteiger partial charge in [0.1, 0.15) is 16.9 Å². The van der Waals surface area contributed by atoms with Crippen LogP contribution in [0.5, 0.6) is 11.5 Å². The number of benzene rings is 2. The third-order valence-corrected chi connectivity index (χ3v) is 5.50. The van der Waals surface area contributed by atoms with Crippen molar-refractivity contribution < 1.29 is 14.3 Å². The molecule has 0 saturated carbocycles. The normalized spacial score (nSPS) is 12.3. The van der Waals surface area contributed by atoms with Crippen molar-refractivity contribution in [1.29, 1.82) is 0 Å². The summed E-state index contributed by atoms with van der Waals surface area (Å²) in [5.41, 5.74) is 4.42. The number of H-pyrrole nitrogens is 1. The largest absolute Gasteiger partial charge is 0.454 e. The first-order valence-electron chi connectivity index (χ1n) is 8.98. The predicted octanol–water partition coefficient (Wildman–Crippen LogP) is 4.08. The van der Waals surface area contributed by atoms with E-state index in [1.807, 2.05) is 36.5 Å². The van der Waals surface area contributed by atoms with Gasteiger partial charge in [0.25, 0.3) is 0 Å². The van der Waals surface area contributed by atoms with Crippen LogP contribution in [0.25, 0.3) is 22.2 Å². The van der Waals surface area contributed by atoms with Crippen LogP contribution in [0, 0.1) is 0 Å². The second-order valence-electron chi connectivity index (χ2n) is 6.38. The fourth-order valence-corrected chi connectivity index (χ4v) is 3.93. The minimum Gasteiger partial charge on any atom is -0.454 e. The summed E-state index contributed by atoms with van der Waals surface area (Å²) in [6.45, 7) is 0.202. The van der Waals surface area contributed by atoms with Crippen molar-refractivity contribution in [3.63, 3.8) is 0 Å². The van der Waals surface area contributed by atoms with Crippen molar-refractivity contribution in [2.24, 2.45) is 0 Å². The Kier molecular flexibility index (Phi) is 4.53. The zero-order valence-electron chi connectivity index (χ0n) is 15.2. The van der Waals surface area contributed by atoms with Crippen molar-refractivity contribution in [3.8, 4) is 22.6 Å². The molecule has 29 heavy (non-hydrogen) atoms. The maximum Gasteiger partial charge on any atom is 0.234 e. The van der Waals surface area contributed by atoms with Crippen molar-refractivity contribution in [2.75, 3.05) is 17.9 Å². The van der Waals surface area contributed by atoms with Crippen LogP contribution in [-0.2, 0) is 4.79 Å². The highest BCUT2D eigenvalue weighted by molar-refractivity contribution is 8.00. The van der Waals surface area contributed by atoms with Gasteiger partial charge in [0, 0.05) is 23.5 Å². The number of rotatable bonds is 5. The average Bonchev–Trinajstić information content (AvgIpc) is 3.39. The maximum atomic E-state index is 12.4. The Bertz CT molecular complexity index is 1190. The highest BCUT2D eigenvalue weighted by Gasteiger charge is 2.16. The standard InChI is InChI=1S/C21H16N4O3S/c26-18(25-14-6-7-16-17(8-14)28-12-27-16)10-29-21-20-19(23-11-24-21)15(9-22-20)13-4-2-1-3-5-13/h1-9,11,22H,10,12H2,(H,25,26). The molecule has 8 heteroatoms. The van der Waals surface area contributed by atoms with Crippen LogP contribution in [0.4, 0.5) is 5.69 Å². The van der Waals surface area contributed by atoms with E-state index in [-0.39, 0.29) is 18.5 Å². The zero-order valence-corrected chi connectivity index (χ0v) is 16.0. The van der Waals surface area contributed by atoms with E-state index in [1.54, 1.807) is 18.2 Å². The number of anilines is 1. The first-order valence-corrected chi connectivity index (χ1v) is 9.96. The Hall–Kier alpha value is -3.52. The molecule has 7 nitrogen and oxygen atoms in total. The smallest absolute Gasteiger partial charge is 0.234 e. The van der Waals surface area contributed by atoms with E-state index >= 15 is 0 Å². The van der Waals surface area contributed by atoms with Crippen LogP contribution in [-0.4, -0.2) is 33.4 Å². The van der Waals surface area contributed by atoms with E-state index in [0.717, 1.165) is 27.2 Å². The summed E-state index contributed by atoms with van der Waals surface area (Å²) in [7, 11) is 0. The molecule has 0 spiro atoms. The molecule has 1 aliphatic rings. The summed E-state index contributed by atoms with van der Waals surface area (Å²) in [6.07, 6.45) is 3.45. The Morgan fingerprint density at radius 1 is 1.10 bits per heavy atom. The third kappa shape index (κ3) is 3.50. The average molecular weight is 404 g/mol. The van der Waals surface area contributed by atoms with Crippen LogP contribution in [0.1, 0.15) is 0 Å². The summed E-state index contributed by atoms with van der Waals surface area (Å²) in [6, 6.07) is 15.4. The van der Waals surface area contributed by atoms with Gasteiger partial charge < -0.3 is 19.8 Å². The van der Waals surface area contributed by atoms with Crippen molar-refractivity contribution in [2.45, 2.75) is 5.03 Å². The SMILES string of the molecule is O=C(CSc1ncnc2c(-c3ccccc3)c[nH]c12)Nc1ccc2c(c1)OCO2. The van der Waals surface area contributed by atoms with Crippen molar-refractivity contribution in [1.82, 2.24) is 15.0 Å². The fourth-order valence-electron chi connectivity index (χ4n) is 3.17. The molecule has 0 unspecified atom stereocenters. The zero-order chi connectivity index (χ0) is 19.6. The number of hydrogen-bond donors (Lipinski definition) is 2. The molecule has 1 amide bonds. The van der Waals surface area contributed by atoms with Crippen LogP contribution in [0.3, 0.4) is 0 Å². The molecule has 5 rings (SSSR count). The molecular weight excluding hydrogens is 388 g/mol. The molecule has 0 aliphatic carbocycles. The Morgan fingerprint density at radius 3 is 2.86 bits per heavy atom. The molecule has 0 saturated heterocycles. The summed E-state index contributed by atoms with van der Waals surface area (Å²) in [5, 5.41) is 3.61. The summed E-state index contributed by atoms with van der Waals surface area (Å²) >= 11 is 1.36. The van der Waals surface area contributed by atoms with E-state index in [2.05, 4.69) is 20.3 Å². The Morgan fingerprint density at radius 2 is 1.97 bits per heavy atom. The molecule has 4 aromatic rings. The second kappa shape index (κ2) is 7.48. The lowest BCUT2D eigenvalue weighted by Gasteiger charge is -2.06. The first-order chi connectivity index (χ1) is 14.3. The number of aromatic nitrogens is 3. The third-order valence-electron chi connectivity index (χ3n) is 4.51. The van der Waals surface area contributed by atoms with E-state index in [0.29, 0.717) is 17.2 Å². The van der Waals surface area contributed by atoms with Gasteiger partial charge in [-0.25, -0.2) is 9.97 Å². The molecule has 1 aliphatic heterocycles. The number of nitrogens with zero attached hydrogens (tertiary/aromatic N) is 2. The van der Waals surface area contributed by atoms with Crippen LogP contribution in [0.15, 0.2) is 66.1 Å². The van der Waals surface area contributed by atoms with Gasteiger partial charge >= 0.3 is 0 Å². The molecule has 0 atom stereocenters. The van der Waals surface area contributed by atoms with Crippen LogP contribution < -0.4 is 14.8 Å². The molecule has 3 heterocycles. The van der Waals surface area contributed by atoms with Crippen LogP contribution >= 0.6 is 11.8 Å². The highest BCUT2D eigenvalue weighted by Crippen LogP contribution is 2.34. The molecular formula is C21H16N4O3S. The Labute approximate surface area is 170 Å². The topological polar surface area (TPSA) is 89.1 Å². The van der Waals surface area contributed by atoms with Crippen LogP contribution in [0.2, 0.25) is 0 Å². The number of amides is 1. The maximum absolute atomic E-state index is 12.4. The van der Waals surface area contributed by atoms with Gasteiger partial charge in [0.05, 0.1) is 11.3 Å². The first kappa shape index (κ1) is 17.6. The molecule has 0 radical (unpaired) electrons. The van der Waals surface area contributed by atoms with E-state index in [9.17, 15) is 4.79 Å². The minimum absolute atomic E-state index is 0.129. The highest BCUT2D eigenvalue weighted by atomic mass is 32.2. The van der Waals surface area contributed by atoms with E-state index in [1.165, 1.54) is 18.1 Å². The molecule has 2 aromatic heterocycles. The second-order valence-corrected chi connectivity index (χ2v) is 7.34. The molecule has 144 valence electrons. The number of carbonyl (C=O) groups is 1. The Balaban J connectivity index is 1.31. The van der Waals surface area contributed by atoms with Gasteiger partial charge in [-0.3, -0.25) is 4.79 Å². The molecule has 2 N–H and O–H groups in total. The lowest BCUT2D eigenvalue weighted by atomic mass is 10.1. The molecule has 0 fully saturated rings. The molecule has 2 aromatic carbocycles. The molecule has 0 bridgehead atoms. The monoisotopic (exact) mass is 404 g/mol. The number of hydrogen-bond acceptors (Lipinski definition) is 6. The van der Waals surface area contributed by atoms with E-state index in [4.69, 9.17) is 9.47 Å². The number of fused-ring (bicyclic) bond motifs is 2. The summed E-state index contributed by atoms with van der Waals surface area (Å²) < 4.78 is 10.6. The lowest BCUT2D eigenvalue weighted by molar-refractivity contribution is -0.113. The quantitative estimate of drug-likeness (QED) is 0.385. The number of nitrogens with one attached hydrogen (secondary N) is 2. The number of thioether (sulfide) groups is 1. The number of carbonyl (C=O) groups excluding carboxylic acids is 1. The van der Waals surface area contributed by atoms with Gasteiger partial charge in [-0.1, -0.05) is 42.1 Å². The van der Waals surface area contributed by atoms with Crippen molar-refractivity contribution >= 4 is 34.4 Å². The van der Waals surface area contributed by atoms with Gasteiger partial charge in [0.2, 0.25) is 12.7 Å². The van der Waals surface area contributed by atoms with Gasteiger partial charge in [-0.15, -0.1) is 0 Å². The van der Waals surface area contributed by atoms with E-state index < -0.39 is 0 Å². The van der Waals surface area contributed by atoms with Gasteiger partial charge in [0.15, 0.2) is 11.5 Å². The summed E-state index contributed by atoms with van der Waals surface area (Å²) in [4.78, 5) is 24.4. The number of ether oxygens (including phenoxy) is 2. The lowest BCUT2D eigenvalue weighted by Crippen LogP contribution is -2.14. The number of aromatic amines is 1.